The fraction of sp³-hybridized carbons (Fsp3) is 0.833. The smallest absolute Gasteiger partial charge is 0.326 e. The second-order valence-electron chi connectivity index (χ2n) is 5.88. The molecule has 0 aromatic heterocycles. The van der Waals surface area contributed by atoms with Crippen molar-refractivity contribution in [2.75, 3.05) is 0 Å². The van der Waals surface area contributed by atoms with E-state index < -0.39 is 23.0 Å². The van der Waals surface area contributed by atoms with E-state index in [-0.39, 0.29) is 11.8 Å². The maximum atomic E-state index is 12.1. The second kappa shape index (κ2) is 5.04. The Labute approximate surface area is 103 Å². The van der Waals surface area contributed by atoms with Gasteiger partial charge in [-0.2, -0.15) is 0 Å². The number of nitrogens with two attached hydrogens (primary N) is 1. The lowest BCUT2D eigenvalue weighted by Crippen LogP contribution is -2.58. The highest BCUT2D eigenvalue weighted by Crippen LogP contribution is 2.28. The summed E-state index contributed by atoms with van der Waals surface area (Å²) >= 11 is 0. The largest absolute Gasteiger partial charge is 0.480 e. The normalized spacial score (nSPS) is 14.6. The summed E-state index contributed by atoms with van der Waals surface area (Å²) in [4.78, 5) is 23.1. The van der Waals surface area contributed by atoms with Crippen molar-refractivity contribution in [2.24, 2.45) is 17.1 Å². The van der Waals surface area contributed by atoms with Gasteiger partial charge in [0.25, 0.3) is 0 Å². The van der Waals surface area contributed by atoms with E-state index >= 15 is 0 Å². The first kappa shape index (κ1) is 15.9. The van der Waals surface area contributed by atoms with Crippen LogP contribution in [0.4, 0.5) is 0 Å². The molecule has 0 saturated heterocycles. The van der Waals surface area contributed by atoms with Crippen molar-refractivity contribution in [3.8, 4) is 0 Å². The van der Waals surface area contributed by atoms with E-state index in [1.807, 2.05) is 0 Å². The molecule has 0 aliphatic rings. The Morgan fingerprint density at radius 1 is 1.18 bits per heavy atom. The van der Waals surface area contributed by atoms with Crippen molar-refractivity contribution in [3.05, 3.63) is 0 Å². The van der Waals surface area contributed by atoms with Crippen LogP contribution >= 0.6 is 0 Å². The first-order valence-electron chi connectivity index (χ1n) is 5.74. The highest BCUT2D eigenvalue weighted by atomic mass is 16.4. The van der Waals surface area contributed by atoms with Gasteiger partial charge in [-0.3, -0.25) is 4.79 Å². The van der Waals surface area contributed by atoms with Gasteiger partial charge in [-0.05, 0) is 33.6 Å². The van der Waals surface area contributed by atoms with E-state index in [9.17, 15) is 9.59 Å². The summed E-state index contributed by atoms with van der Waals surface area (Å²) in [5.41, 5.74) is 4.37. The van der Waals surface area contributed by atoms with Crippen molar-refractivity contribution < 1.29 is 14.7 Å². The molecule has 1 unspecified atom stereocenters. The molecule has 0 aromatic carbocycles. The number of aliphatic carboxylic acids is 1. The lowest BCUT2D eigenvalue weighted by Gasteiger charge is -2.38. The number of hydrogen-bond acceptors (Lipinski definition) is 3. The SMILES string of the molecule is CC(C)C(NC(=O)C(C)(C)C(C)(C)N)C(=O)O. The summed E-state index contributed by atoms with van der Waals surface area (Å²) in [5.74, 6) is -1.54. The van der Waals surface area contributed by atoms with Crippen molar-refractivity contribution in [2.45, 2.75) is 53.1 Å². The number of carboxylic acids is 1. The summed E-state index contributed by atoms with van der Waals surface area (Å²) < 4.78 is 0. The Balaban J connectivity index is 4.92. The Kier molecular flexibility index (Phi) is 4.71. The maximum Gasteiger partial charge on any atom is 0.326 e. The molecule has 1 amide bonds. The second-order valence-corrected chi connectivity index (χ2v) is 5.88. The number of amides is 1. The van der Waals surface area contributed by atoms with Gasteiger partial charge in [0, 0.05) is 5.54 Å². The molecular formula is C12H24N2O3. The summed E-state index contributed by atoms with van der Waals surface area (Å²) in [5, 5.41) is 11.6. The summed E-state index contributed by atoms with van der Waals surface area (Å²) in [6.45, 7) is 10.4. The molecule has 4 N–H and O–H groups in total. The van der Waals surface area contributed by atoms with Gasteiger partial charge in [-0.15, -0.1) is 0 Å². The minimum atomic E-state index is -1.03. The van der Waals surface area contributed by atoms with Crippen LogP contribution in [0.3, 0.4) is 0 Å². The van der Waals surface area contributed by atoms with Crippen LogP contribution in [-0.2, 0) is 9.59 Å². The van der Waals surface area contributed by atoms with Gasteiger partial charge < -0.3 is 16.2 Å². The van der Waals surface area contributed by atoms with E-state index in [0.717, 1.165) is 0 Å². The van der Waals surface area contributed by atoms with Crippen LogP contribution in [0.2, 0.25) is 0 Å². The Bertz CT molecular complexity index is 303. The van der Waals surface area contributed by atoms with Crippen molar-refractivity contribution in [1.29, 1.82) is 0 Å². The van der Waals surface area contributed by atoms with Gasteiger partial charge in [-0.1, -0.05) is 13.8 Å². The number of rotatable bonds is 5. The van der Waals surface area contributed by atoms with Gasteiger partial charge >= 0.3 is 5.97 Å². The number of carbonyl (C=O) groups is 2. The topological polar surface area (TPSA) is 92.4 Å². The number of carbonyl (C=O) groups excluding carboxylic acids is 1. The summed E-state index contributed by atoms with van der Waals surface area (Å²) in [6.07, 6.45) is 0. The lowest BCUT2D eigenvalue weighted by molar-refractivity contribution is -0.145. The molecule has 5 heteroatoms. The van der Waals surface area contributed by atoms with Crippen LogP contribution in [0.25, 0.3) is 0 Å². The van der Waals surface area contributed by atoms with Crippen molar-refractivity contribution in [1.82, 2.24) is 5.32 Å². The molecule has 1 atom stereocenters. The van der Waals surface area contributed by atoms with Crippen molar-refractivity contribution >= 4 is 11.9 Å². The zero-order valence-electron chi connectivity index (χ0n) is 11.5. The Morgan fingerprint density at radius 3 is 1.82 bits per heavy atom. The molecule has 0 heterocycles. The van der Waals surface area contributed by atoms with E-state index in [0.29, 0.717) is 0 Å². The molecular weight excluding hydrogens is 220 g/mol. The van der Waals surface area contributed by atoms with Gasteiger partial charge in [0.2, 0.25) is 5.91 Å². The molecule has 5 nitrogen and oxygen atoms in total. The minimum absolute atomic E-state index is 0.173. The van der Waals surface area contributed by atoms with Gasteiger partial charge in [0.05, 0.1) is 5.41 Å². The molecule has 0 radical (unpaired) electrons. The molecule has 0 aromatic rings. The van der Waals surface area contributed by atoms with Crippen LogP contribution < -0.4 is 11.1 Å². The number of carboxylic acid groups (broad SMARTS) is 1. The molecule has 0 aliphatic carbocycles. The molecule has 0 bridgehead atoms. The van der Waals surface area contributed by atoms with Gasteiger partial charge in [0.1, 0.15) is 6.04 Å². The molecule has 0 aliphatic heterocycles. The van der Waals surface area contributed by atoms with Gasteiger partial charge in [0.15, 0.2) is 0 Å². The van der Waals surface area contributed by atoms with E-state index in [4.69, 9.17) is 10.8 Å². The fourth-order valence-corrected chi connectivity index (χ4v) is 1.13. The quantitative estimate of drug-likeness (QED) is 0.672. The van der Waals surface area contributed by atoms with Gasteiger partial charge in [-0.25, -0.2) is 4.79 Å². The average Bonchev–Trinajstić information content (AvgIpc) is 2.10. The average molecular weight is 244 g/mol. The fourth-order valence-electron chi connectivity index (χ4n) is 1.13. The van der Waals surface area contributed by atoms with Crippen LogP contribution in [0.1, 0.15) is 41.5 Å². The number of nitrogens with one attached hydrogen (secondary N) is 1. The molecule has 0 saturated carbocycles. The summed E-state index contributed by atoms with van der Waals surface area (Å²) in [6, 6.07) is -0.885. The zero-order valence-corrected chi connectivity index (χ0v) is 11.5. The molecule has 0 spiro atoms. The third-order valence-electron chi connectivity index (χ3n) is 3.40. The third-order valence-corrected chi connectivity index (χ3v) is 3.40. The predicted octanol–water partition coefficient (Wildman–Crippen LogP) is 0.975. The van der Waals surface area contributed by atoms with E-state index in [1.54, 1.807) is 41.5 Å². The summed E-state index contributed by atoms with van der Waals surface area (Å²) in [7, 11) is 0. The van der Waals surface area contributed by atoms with E-state index in [2.05, 4.69) is 5.32 Å². The van der Waals surface area contributed by atoms with Crippen LogP contribution in [0.5, 0.6) is 0 Å². The molecule has 100 valence electrons. The minimum Gasteiger partial charge on any atom is -0.480 e. The monoisotopic (exact) mass is 244 g/mol. The standard InChI is InChI=1S/C12H24N2O3/c1-7(2)8(9(15)16)14-10(17)11(3,4)12(5,6)13/h7-8H,13H2,1-6H3,(H,14,17)(H,15,16). The maximum absolute atomic E-state index is 12.1. The number of hydrogen-bond donors (Lipinski definition) is 3. The highest BCUT2D eigenvalue weighted by Gasteiger charge is 2.42. The van der Waals surface area contributed by atoms with Crippen molar-refractivity contribution in [3.63, 3.8) is 0 Å². The Morgan fingerprint density at radius 2 is 1.59 bits per heavy atom. The zero-order chi connectivity index (χ0) is 14.0. The highest BCUT2D eigenvalue weighted by molar-refractivity contribution is 5.88. The van der Waals surface area contributed by atoms with Crippen LogP contribution in [0, 0.1) is 11.3 Å². The van der Waals surface area contributed by atoms with Crippen LogP contribution in [0.15, 0.2) is 0 Å². The first-order valence-corrected chi connectivity index (χ1v) is 5.74. The molecule has 17 heavy (non-hydrogen) atoms. The lowest BCUT2D eigenvalue weighted by atomic mass is 9.74. The van der Waals surface area contributed by atoms with E-state index in [1.165, 1.54) is 0 Å². The predicted molar refractivity (Wildman–Crippen MR) is 66.5 cm³/mol. The Hall–Kier alpha value is -1.10. The first-order chi connectivity index (χ1) is 7.41. The molecule has 0 rings (SSSR count). The molecule has 0 fully saturated rings. The third kappa shape index (κ3) is 3.70. The van der Waals surface area contributed by atoms with Crippen LogP contribution in [-0.4, -0.2) is 28.6 Å².